The van der Waals surface area contributed by atoms with E-state index in [9.17, 15) is 4.79 Å². The molecule has 1 aromatic heterocycles. The van der Waals surface area contributed by atoms with Crippen LogP contribution in [0.25, 0.3) is 11.4 Å². The first-order valence-electron chi connectivity index (χ1n) is 8.20. The van der Waals surface area contributed by atoms with Gasteiger partial charge in [-0.2, -0.15) is 5.10 Å². The van der Waals surface area contributed by atoms with Crippen molar-refractivity contribution in [1.29, 1.82) is 0 Å². The van der Waals surface area contributed by atoms with Crippen LogP contribution in [-0.2, 0) is 11.8 Å². The molecule has 0 aliphatic rings. The predicted molar refractivity (Wildman–Crippen MR) is 112 cm³/mol. The summed E-state index contributed by atoms with van der Waals surface area (Å²) in [5, 5.41) is 13.1. The molecule has 138 valence electrons. The minimum absolute atomic E-state index is 0.197. The van der Waals surface area contributed by atoms with E-state index < -0.39 is 0 Å². The Kier molecular flexibility index (Phi) is 6.41. The van der Waals surface area contributed by atoms with Gasteiger partial charge in [-0.1, -0.05) is 64.1 Å². The molecule has 1 N–H and O–H groups in total. The molecule has 0 spiro atoms. The van der Waals surface area contributed by atoms with Crippen molar-refractivity contribution in [3.8, 4) is 11.4 Å². The first kappa shape index (κ1) is 19.3. The Hall–Kier alpha value is -2.45. The maximum absolute atomic E-state index is 12.0. The number of benzene rings is 2. The van der Waals surface area contributed by atoms with Crippen LogP contribution in [0.2, 0.25) is 0 Å². The molecule has 2 aromatic carbocycles. The third-order valence-corrected chi connectivity index (χ3v) is 5.34. The Morgan fingerprint density at radius 2 is 2.07 bits per heavy atom. The molecule has 27 heavy (non-hydrogen) atoms. The summed E-state index contributed by atoms with van der Waals surface area (Å²) in [4.78, 5) is 12.0. The summed E-state index contributed by atoms with van der Waals surface area (Å²) in [7, 11) is 1.88. The number of carbonyl (C=O) groups is 1. The molecule has 3 aromatic rings. The van der Waals surface area contributed by atoms with E-state index >= 15 is 0 Å². The van der Waals surface area contributed by atoms with Gasteiger partial charge in [0.1, 0.15) is 0 Å². The summed E-state index contributed by atoms with van der Waals surface area (Å²) >= 11 is 4.77. The zero-order valence-electron chi connectivity index (χ0n) is 14.9. The van der Waals surface area contributed by atoms with Crippen LogP contribution in [0.4, 0.5) is 0 Å². The summed E-state index contributed by atoms with van der Waals surface area (Å²) in [5.41, 5.74) is 5.57. The molecule has 0 unspecified atom stereocenters. The molecule has 0 aliphatic carbocycles. The minimum Gasteiger partial charge on any atom is -0.305 e. The van der Waals surface area contributed by atoms with Crippen molar-refractivity contribution in [2.75, 3.05) is 5.75 Å². The molecule has 0 radical (unpaired) electrons. The molecule has 0 fully saturated rings. The number of halogens is 1. The van der Waals surface area contributed by atoms with Gasteiger partial charge in [-0.15, -0.1) is 10.2 Å². The summed E-state index contributed by atoms with van der Waals surface area (Å²) in [5.74, 6) is 0.754. The molecular formula is C19H18BrN5OS. The second-order valence-electron chi connectivity index (χ2n) is 5.81. The zero-order valence-corrected chi connectivity index (χ0v) is 17.3. The van der Waals surface area contributed by atoms with E-state index in [1.165, 1.54) is 11.8 Å². The summed E-state index contributed by atoms with van der Waals surface area (Å²) in [6.45, 7) is 2.00. The Morgan fingerprint density at radius 1 is 1.26 bits per heavy atom. The second-order valence-corrected chi connectivity index (χ2v) is 7.67. The van der Waals surface area contributed by atoms with Crippen LogP contribution in [0.5, 0.6) is 0 Å². The van der Waals surface area contributed by atoms with Gasteiger partial charge in [0.05, 0.1) is 12.0 Å². The van der Waals surface area contributed by atoms with Gasteiger partial charge in [0.25, 0.3) is 5.91 Å². The molecule has 8 heteroatoms. The summed E-state index contributed by atoms with van der Waals surface area (Å²) in [6, 6.07) is 15.7. The Morgan fingerprint density at radius 3 is 2.85 bits per heavy atom. The number of nitrogens with one attached hydrogen (secondary N) is 1. The first-order chi connectivity index (χ1) is 13.0. The van der Waals surface area contributed by atoms with Crippen LogP contribution >= 0.6 is 27.7 Å². The first-order valence-corrected chi connectivity index (χ1v) is 9.98. The Labute approximate surface area is 170 Å². The van der Waals surface area contributed by atoms with Crippen LogP contribution in [0.1, 0.15) is 11.1 Å². The van der Waals surface area contributed by atoms with Gasteiger partial charge in [0.2, 0.25) is 0 Å². The molecule has 0 saturated carbocycles. The number of carbonyl (C=O) groups excluding carboxylic acids is 1. The molecule has 1 heterocycles. The van der Waals surface area contributed by atoms with Gasteiger partial charge in [-0.25, -0.2) is 5.43 Å². The topological polar surface area (TPSA) is 72.2 Å². The number of aromatic nitrogens is 3. The number of hydrogen-bond donors (Lipinski definition) is 1. The number of hydrogen-bond acceptors (Lipinski definition) is 5. The van der Waals surface area contributed by atoms with Gasteiger partial charge in [0.15, 0.2) is 11.0 Å². The lowest BCUT2D eigenvalue weighted by molar-refractivity contribution is -0.118. The van der Waals surface area contributed by atoms with Gasteiger partial charge in [-0.05, 0) is 30.2 Å². The summed E-state index contributed by atoms with van der Waals surface area (Å²) < 4.78 is 2.85. The van der Waals surface area contributed by atoms with Gasteiger partial charge in [-0.3, -0.25) is 4.79 Å². The Balaban J connectivity index is 1.57. The number of hydrazone groups is 1. The zero-order chi connectivity index (χ0) is 19.2. The van der Waals surface area contributed by atoms with Crippen molar-refractivity contribution in [2.45, 2.75) is 12.1 Å². The quantitative estimate of drug-likeness (QED) is 0.357. The highest BCUT2D eigenvalue weighted by molar-refractivity contribution is 9.10. The van der Waals surface area contributed by atoms with E-state index in [0.717, 1.165) is 27.0 Å². The number of amides is 1. The monoisotopic (exact) mass is 443 g/mol. The van der Waals surface area contributed by atoms with Crippen molar-refractivity contribution in [1.82, 2.24) is 20.2 Å². The molecule has 0 atom stereocenters. The van der Waals surface area contributed by atoms with Crippen molar-refractivity contribution in [3.05, 3.63) is 64.1 Å². The molecule has 0 bridgehead atoms. The second kappa shape index (κ2) is 8.96. The smallest absolute Gasteiger partial charge is 0.250 e. The number of thioether (sulfide) groups is 1. The van der Waals surface area contributed by atoms with E-state index in [1.54, 1.807) is 6.21 Å². The highest BCUT2D eigenvalue weighted by Crippen LogP contribution is 2.24. The lowest BCUT2D eigenvalue weighted by Crippen LogP contribution is -2.20. The molecular weight excluding hydrogens is 426 g/mol. The normalized spacial score (nSPS) is 11.1. The highest BCUT2D eigenvalue weighted by Gasteiger charge is 2.13. The third-order valence-electron chi connectivity index (χ3n) is 3.83. The van der Waals surface area contributed by atoms with Crippen molar-refractivity contribution >= 4 is 39.8 Å². The lowest BCUT2D eigenvalue weighted by Gasteiger charge is -2.04. The molecule has 6 nitrogen and oxygen atoms in total. The predicted octanol–water partition coefficient (Wildman–Crippen LogP) is 3.80. The van der Waals surface area contributed by atoms with Crippen molar-refractivity contribution in [3.63, 3.8) is 0 Å². The van der Waals surface area contributed by atoms with E-state index in [0.29, 0.717) is 5.16 Å². The summed E-state index contributed by atoms with van der Waals surface area (Å²) in [6.07, 6.45) is 1.64. The average Bonchev–Trinajstić information content (AvgIpc) is 3.02. The number of nitrogens with zero attached hydrogens (tertiary/aromatic N) is 4. The van der Waals surface area contributed by atoms with Crippen LogP contribution in [0.3, 0.4) is 0 Å². The van der Waals surface area contributed by atoms with Crippen LogP contribution in [-0.4, -0.2) is 32.6 Å². The van der Waals surface area contributed by atoms with Gasteiger partial charge >= 0.3 is 0 Å². The van der Waals surface area contributed by atoms with E-state index in [4.69, 9.17) is 0 Å². The van der Waals surface area contributed by atoms with Gasteiger partial charge in [0, 0.05) is 17.1 Å². The maximum atomic E-state index is 12.0. The maximum Gasteiger partial charge on any atom is 0.250 e. The van der Waals surface area contributed by atoms with E-state index in [2.05, 4.69) is 36.7 Å². The molecule has 1 amide bonds. The molecule has 3 rings (SSSR count). The van der Waals surface area contributed by atoms with Crippen LogP contribution in [0, 0.1) is 6.92 Å². The van der Waals surface area contributed by atoms with Gasteiger partial charge < -0.3 is 4.57 Å². The van der Waals surface area contributed by atoms with Crippen LogP contribution in [0.15, 0.2) is 63.3 Å². The largest absolute Gasteiger partial charge is 0.305 e. The van der Waals surface area contributed by atoms with Crippen molar-refractivity contribution < 1.29 is 4.79 Å². The van der Waals surface area contributed by atoms with E-state index in [-0.39, 0.29) is 11.7 Å². The number of aryl methyl sites for hydroxylation is 1. The fourth-order valence-electron chi connectivity index (χ4n) is 2.39. The average molecular weight is 444 g/mol. The SMILES string of the molecule is Cc1ccccc1/C=N\NC(=O)CSc1nnc(-c2cccc(Br)c2)n1C. The fraction of sp³-hybridized carbons (Fsp3) is 0.158. The fourth-order valence-corrected chi connectivity index (χ4v) is 3.49. The Bertz CT molecular complexity index is 986. The van der Waals surface area contributed by atoms with Crippen LogP contribution < -0.4 is 5.43 Å². The number of rotatable bonds is 6. The third kappa shape index (κ3) is 5.05. The molecule has 0 saturated heterocycles. The minimum atomic E-state index is -0.197. The standard InChI is InChI=1S/C19H18BrN5OS/c1-13-6-3-4-7-15(13)11-21-22-17(26)12-27-19-24-23-18(25(19)2)14-8-5-9-16(20)10-14/h3-11H,12H2,1-2H3,(H,22,26)/b21-11-. The van der Waals surface area contributed by atoms with E-state index in [1.807, 2.05) is 67.1 Å². The van der Waals surface area contributed by atoms with Crippen molar-refractivity contribution in [2.24, 2.45) is 12.1 Å². The highest BCUT2D eigenvalue weighted by atomic mass is 79.9. The molecule has 0 aliphatic heterocycles. The lowest BCUT2D eigenvalue weighted by atomic mass is 10.1.